The van der Waals surface area contributed by atoms with Gasteiger partial charge in [0.25, 0.3) is 0 Å². The molecule has 2 fully saturated rings. The van der Waals surface area contributed by atoms with E-state index in [1.54, 1.807) is 4.90 Å². The molecule has 8 heteroatoms. The molecule has 2 aliphatic heterocycles. The molecule has 1 aromatic heterocycles. The molecular weight excluding hydrogens is 402 g/mol. The highest BCUT2D eigenvalue weighted by atomic mass is 32.1. The number of hydrogen-bond donors (Lipinski definition) is 3. The zero-order valence-electron chi connectivity index (χ0n) is 17.9. The van der Waals surface area contributed by atoms with Crippen LogP contribution in [0.3, 0.4) is 0 Å². The number of carboxylic acid groups (broad SMARTS) is 1. The Morgan fingerprint density at radius 2 is 1.90 bits per heavy atom. The van der Waals surface area contributed by atoms with Crippen molar-refractivity contribution in [2.75, 3.05) is 31.5 Å². The van der Waals surface area contributed by atoms with E-state index in [0.717, 1.165) is 43.6 Å². The van der Waals surface area contributed by atoms with E-state index in [2.05, 4.69) is 22.5 Å². The lowest BCUT2D eigenvalue weighted by Crippen LogP contribution is -2.44. The molecule has 7 nitrogen and oxygen atoms in total. The number of ether oxygens (including phenoxy) is 1. The third kappa shape index (κ3) is 6.38. The topological polar surface area (TPSA) is 90.9 Å². The minimum Gasteiger partial charge on any atom is -0.477 e. The van der Waals surface area contributed by atoms with Gasteiger partial charge < -0.3 is 25.4 Å². The summed E-state index contributed by atoms with van der Waals surface area (Å²) in [6.07, 6.45) is 2.99. The second kappa shape index (κ2) is 9.71. The Balaban J connectivity index is 1.56. The average molecular weight is 434 g/mol. The van der Waals surface area contributed by atoms with E-state index in [-0.39, 0.29) is 28.5 Å². The fraction of sp³-hybridized carbons (Fsp3) is 0.636. The first-order valence-electron chi connectivity index (χ1n) is 10.5. The van der Waals surface area contributed by atoms with Gasteiger partial charge in [-0.05, 0) is 65.6 Å². The summed E-state index contributed by atoms with van der Waals surface area (Å²) in [5.41, 5.74) is 0.470. The lowest BCUT2D eigenvalue weighted by molar-refractivity contribution is 0.0441. The van der Waals surface area contributed by atoms with Gasteiger partial charge in [0.2, 0.25) is 0 Å². The number of carboxylic acids is 1. The van der Waals surface area contributed by atoms with E-state index in [9.17, 15) is 14.7 Å². The summed E-state index contributed by atoms with van der Waals surface area (Å²) in [7, 11) is 0. The number of piperidine rings is 2. The first kappa shape index (κ1) is 22.4. The van der Waals surface area contributed by atoms with Crippen molar-refractivity contribution in [2.45, 2.75) is 58.6 Å². The van der Waals surface area contributed by atoms with Gasteiger partial charge in [0.15, 0.2) is 0 Å². The average Bonchev–Trinajstić information content (AvgIpc) is 3.10. The van der Waals surface area contributed by atoms with E-state index >= 15 is 0 Å². The molecule has 0 unspecified atom stereocenters. The van der Waals surface area contributed by atoms with Gasteiger partial charge in [0.05, 0.1) is 10.6 Å². The Labute approximate surface area is 182 Å². The third-order valence-corrected chi connectivity index (χ3v) is 6.19. The van der Waals surface area contributed by atoms with Crippen molar-refractivity contribution >= 4 is 29.1 Å². The minimum atomic E-state index is -0.950. The summed E-state index contributed by atoms with van der Waals surface area (Å²) < 4.78 is 5.63. The number of nitrogens with one attached hydrogen (secondary N) is 2. The Hall–Kier alpha value is -2.24. The first-order chi connectivity index (χ1) is 14.2. The van der Waals surface area contributed by atoms with Gasteiger partial charge in [-0.1, -0.05) is 11.8 Å². The molecule has 0 aromatic carbocycles. The van der Waals surface area contributed by atoms with Crippen molar-refractivity contribution in [3.63, 3.8) is 0 Å². The quantitative estimate of drug-likeness (QED) is 0.629. The Kier molecular flexibility index (Phi) is 7.27. The summed E-state index contributed by atoms with van der Waals surface area (Å²) in [5.74, 6) is 5.29. The summed E-state index contributed by atoms with van der Waals surface area (Å²) in [6.45, 7) is 9.05. The highest BCUT2D eigenvalue weighted by molar-refractivity contribution is 7.15. The smallest absolute Gasteiger partial charge is 0.410 e. The van der Waals surface area contributed by atoms with E-state index in [4.69, 9.17) is 4.74 Å². The Morgan fingerprint density at radius 1 is 1.23 bits per heavy atom. The number of thiophene rings is 1. The fourth-order valence-corrected chi connectivity index (χ4v) is 4.34. The summed E-state index contributed by atoms with van der Waals surface area (Å²) >= 11 is 1.20. The predicted molar refractivity (Wildman–Crippen MR) is 118 cm³/mol. The normalized spacial score (nSPS) is 18.4. The van der Waals surface area contributed by atoms with Crippen LogP contribution < -0.4 is 10.6 Å². The molecule has 2 saturated heterocycles. The number of amides is 1. The maximum absolute atomic E-state index is 12.4. The molecule has 0 radical (unpaired) electrons. The number of rotatable bonds is 4. The summed E-state index contributed by atoms with van der Waals surface area (Å²) in [5, 5.41) is 16.2. The standard InChI is InChI=1S/C22H31N3O4S/c1-22(2,3)9-4-17-14-18(19(30-17)20(26)27)24-15-7-12-25(13-8-15)21(28)29-16-5-10-23-11-6-16/h14-16,23-24H,5-8,10-13H2,1-3H3,(H,26,27). The van der Waals surface area contributed by atoms with Crippen molar-refractivity contribution in [1.29, 1.82) is 0 Å². The number of aromatic carboxylic acids is 1. The van der Waals surface area contributed by atoms with Crippen molar-refractivity contribution in [3.05, 3.63) is 15.8 Å². The zero-order valence-corrected chi connectivity index (χ0v) is 18.7. The lowest BCUT2D eigenvalue weighted by atomic mass is 9.98. The molecule has 2 aliphatic rings. The maximum Gasteiger partial charge on any atom is 0.410 e. The van der Waals surface area contributed by atoms with Crippen LogP contribution in [0.25, 0.3) is 0 Å². The molecule has 3 rings (SSSR count). The van der Waals surface area contributed by atoms with Crippen molar-refractivity contribution in [2.24, 2.45) is 5.41 Å². The molecule has 1 amide bonds. The van der Waals surface area contributed by atoms with Crippen LogP contribution in [-0.2, 0) is 4.74 Å². The van der Waals surface area contributed by atoms with Gasteiger partial charge in [-0.3, -0.25) is 0 Å². The van der Waals surface area contributed by atoms with Crippen molar-refractivity contribution < 1.29 is 19.4 Å². The fourth-order valence-electron chi connectivity index (χ4n) is 3.52. The van der Waals surface area contributed by atoms with Crippen LogP contribution in [0.15, 0.2) is 6.07 Å². The molecule has 0 spiro atoms. The van der Waals surface area contributed by atoms with E-state index in [0.29, 0.717) is 18.8 Å². The molecule has 0 atom stereocenters. The number of anilines is 1. The Bertz CT molecular complexity index is 820. The van der Waals surface area contributed by atoms with Gasteiger partial charge in [0.1, 0.15) is 11.0 Å². The van der Waals surface area contributed by atoms with Crippen LogP contribution in [0.4, 0.5) is 10.5 Å². The van der Waals surface area contributed by atoms with Crippen LogP contribution in [0.1, 0.15) is 61.0 Å². The molecule has 3 heterocycles. The van der Waals surface area contributed by atoms with Crippen molar-refractivity contribution in [3.8, 4) is 11.8 Å². The summed E-state index contributed by atoms with van der Waals surface area (Å²) in [4.78, 5) is 26.8. The van der Waals surface area contributed by atoms with E-state index in [1.165, 1.54) is 11.3 Å². The first-order valence-corrected chi connectivity index (χ1v) is 11.4. The van der Waals surface area contributed by atoms with Gasteiger partial charge in [-0.2, -0.15) is 0 Å². The van der Waals surface area contributed by atoms with E-state index in [1.807, 2.05) is 26.8 Å². The number of hydrogen-bond acceptors (Lipinski definition) is 6. The lowest BCUT2D eigenvalue weighted by Gasteiger charge is -2.33. The summed E-state index contributed by atoms with van der Waals surface area (Å²) in [6, 6.07) is 1.94. The molecular formula is C22H31N3O4S. The highest BCUT2D eigenvalue weighted by Gasteiger charge is 2.27. The van der Waals surface area contributed by atoms with Gasteiger partial charge in [0, 0.05) is 24.5 Å². The largest absolute Gasteiger partial charge is 0.477 e. The molecule has 3 N–H and O–H groups in total. The number of nitrogens with zero attached hydrogens (tertiary/aromatic N) is 1. The maximum atomic E-state index is 12.4. The van der Waals surface area contributed by atoms with Crippen LogP contribution in [0, 0.1) is 17.3 Å². The minimum absolute atomic E-state index is 0.00570. The number of carbonyl (C=O) groups is 2. The molecule has 30 heavy (non-hydrogen) atoms. The van der Waals surface area contributed by atoms with Gasteiger partial charge in [-0.25, -0.2) is 9.59 Å². The van der Waals surface area contributed by atoms with Crippen LogP contribution in [0.2, 0.25) is 0 Å². The Morgan fingerprint density at radius 3 is 2.50 bits per heavy atom. The highest BCUT2D eigenvalue weighted by Crippen LogP contribution is 2.29. The number of likely N-dealkylation sites (tertiary alicyclic amines) is 1. The van der Waals surface area contributed by atoms with Gasteiger partial charge in [-0.15, -0.1) is 11.3 Å². The monoisotopic (exact) mass is 433 g/mol. The SMILES string of the molecule is CC(C)(C)C#Cc1cc(NC2CCN(C(=O)OC3CCNCC3)CC2)c(C(=O)O)s1. The van der Waals surface area contributed by atoms with Crippen LogP contribution in [-0.4, -0.2) is 60.4 Å². The zero-order chi connectivity index (χ0) is 21.7. The number of carbonyl (C=O) groups excluding carboxylic acids is 1. The molecule has 164 valence electrons. The second-order valence-corrected chi connectivity index (χ2v) is 9.95. The molecule has 1 aromatic rings. The predicted octanol–water partition coefficient (Wildman–Crippen LogP) is 3.61. The third-order valence-electron chi connectivity index (χ3n) is 5.15. The molecule has 0 bridgehead atoms. The second-order valence-electron chi connectivity index (χ2n) is 8.90. The van der Waals surface area contributed by atoms with Crippen molar-refractivity contribution in [1.82, 2.24) is 10.2 Å². The molecule has 0 aliphatic carbocycles. The van der Waals surface area contributed by atoms with E-state index < -0.39 is 5.97 Å². The van der Waals surface area contributed by atoms with Gasteiger partial charge >= 0.3 is 12.1 Å². The molecule has 0 saturated carbocycles. The van der Waals surface area contributed by atoms with Crippen LogP contribution in [0.5, 0.6) is 0 Å². The van der Waals surface area contributed by atoms with Crippen LogP contribution >= 0.6 is 11.3 Å².